The molecule has 0 aliphatic rings. The van der Waals surface area contributed by atoms with Crippen molar-refractivity contribution in [3.63, 3.8) is 0 Å². The Labute approximate surface area is 106 Å². The van der Waals surface area contributed by atoms with Crippen molar-refractivity contribution in [3.8, 4) is 11.5 Å². The molecule has 0 saturated carbocycles. The Bertz CT molecular complexity index is 456. The summed E-state index contributed by atoms with van der Waals surface area (Å²) >= 11 is 0. The van der Waals surface area contributed by atoms with E-state index in [0.29, 0.717) is 18.3 Å². The highest BCUT2D eigenvalue weighted by Gasteiger charge is 2.06. The van der Waals surface area contributed by atoms with E-state index < -0.39 is 0 Å². The van der Waals surface area contributed by atoms with Crippen LogP contribution in [0.5, 0.6) is 0 Å². The quantitative estimate of drug-likeness (QED) is 0.757. The fourth-order valence-electron chi connectivity index (χ4n) is 1.56. The summed E-state index contributed by atoms with van der Waals surface area (Å²) < 4.78 is 10.5. The molecule has 2 rings (SSSR count). The second-order valence-electron chi connectivity index (χ2n) is 3.89. The molecule has 0 aliphatic carbocycles. The first-order valence-corrected chi connectivity index (χ1v) is 5.97. The van der Waals surface area contributed by atoms with Crippen molar-refractivity contribution in [2.75, 3.05) is 20.3 Å². The van der Waals surface area contributed by atoms with Crippen molar-refractivity contribution in [3.05, 3.63) is 36.2 Å². The molecule has 5 heteroatoms. The van der Waals surface area contributed by atoms with Crippen LogP contribution in [-0.4, -0.2) is 30.5 Å². The van der Waals surface area contributed by atoms with E-state index >= 15 is 0 Å². The van der Waals surface area contributed by atoms with Gasteiger partial charge in [0.15, 0.2) is 0 Å². The topological polar surface area (TPSA) is 60.2 Å². The predicted octanol–water partition coefficient (Wildman–Crippen LogP) is 1.86. The highest BCUT2D eigenvalue weighted by molar-refractivity contribution is 5.51. The minimum atomic E-state index is 0.560. The minimum Gasteiger partial charge on any atom is -0.419 e. The van der Waals surface area contributed by atoms with Gasteiger partial charge in [-0.15, -0.1) is 10.2 Å². The highest BCUT2D eigenvalue weighted by atomic mass is 16.5. The summed E-state index contributed by atoms with van der Waals surface area (Å²) in [5.74, 6) is 1.16. The number of methoxy groups -OCH3 is 1. The van der Waals surface area contributed by atoms with Gasteiger partial charge in [-0.1, -0.05) is 18.2 Å². The van der Waals surface area contributed by atoms with Gasteiger partial charge < -0.3 is 14.5 Å². The zero-order valence-corrected chi connectivity index (χ0v) is 10.4. The summed E-state index contributed by atoms with van der Waals surface area (Å²) in [7, 11) is 1.70. The summed E-state index contributed by atoms with van der Waals surface area (Å²) in [6.45, 7) is 2.21. The highest BCUT2D eigenvalue weighted by Crippen LogP contribution is 2.16. The van der Waals surface area contributed by atoms with Crippen molar-refractivity contribution in [2.24, 2.45) is 0 Å². The molecule has 1 aromatic heterocycles. The first-order chi connectivity index (χ1) is 8.90. The van der Waals surface area contributed by atoms with Crippen LogP contribution in [0.15, 0.2) is 34.7 Å². The number of benzene rings is 1. The van der Waals surface area contributed by atoms with Gasteiger partial charge in [-0.2, -0.15) is 0 Å². The third kappa shape index (κ3) is 3.65. The molecule has 0 aliphatic heterocycles. The van der Waals surface area contributed by atoms with E-state index in [1.54, 1.807) is 7.11 Å². The number of hydrogen-bond acceptors (Lipinski definition) is 5. The third-order valence-electron chi connectivity index (χ3n) is 2.47. The van der Waals surface area contributed by atoms with E-state index in [1.807, 2.05) is 30.3 Å². The maximum Gasteiger partial charge on any atom is 0.247 e. The zero-order valence-electron chi connectivity index (χ0n) is 10.4. The van der Waals surface area contributed by atoms with Gasteiger partial charge in [0.1, 0.15) is 0 Å². The standard InChI is InChI=1S/C13H17N3O2/c1-17-9-5-8-14-10-12-15-16-13(18-12)11-6-3-2-4-7-11/h2-4,6-7,14H,5,8-10H2,1H3. The molecular formula is C13H17N3O2. The van der Waals surface area contributed by atoms with Crippen molar-refractivity contribution >= 4 is 0 Å². The first kappa shape index (κ1) is 12.7. The molecule has 0 radical (unpaired) electrons. The van der Waals surface area contributed by atoms with E-state index in [1.165, 1.54) is 0 Å². The molecule has 5 nitrogen and oxygen atoms in total. The lowest BCUT2D eigenvalue weighted by Crippen LogP contribution is -2.16. The molecule has 0 unspecified atom stereocenters. The van der Waals surface area contributed by atoms with Gasteiger partial charge in [-0.3, -0.25) is 0 Å². The first-order valence-electron chi connectivity index (χ1n) is 5.97. The Balaban J connectivity index is 1.83. The van der Waals surface area contributed by atoms with Gasteiger partial charge >= 0.3 is 0 Å². The van der Waals surface area contributed by atoms with Gasteiger partial charge in [-0.05, 0) is 25.1 Å². The summed E-state index contributed by atoms with van der Waals surface area (Å²) in [5.41, 5.74) is 0.940. The normalized spacial score (nSPS) is 10.7. The van der Waals surface area contributed by atoms with Gasteiger partial charge in [0, 0.05) is 19.3 Å². The average molecular weight is 247 g/mol. The van der Waals surface area contributed by atoms with E-state index in [-0.39, 0.29) is 0 Å². The van der Waals surface area contributed by atoms with Crippen LogP contribution in [0.1, 0.15) is 12.3 Å². The van der Waals surface area contributed by atoms with Crippen molar-refractivity contribution < 1.29 is 9.15 Å². The second-order valence-corrected chi connectivity index (χ2v) is 3.89. The summed E-state index contributed by atoms with van der Waals surface area (Å²) in [5, 5.41) is 11.2. The molecule has 0 atom stereocenters. The molecule has 0 saturated heterocycles. The molecule has 0 bridgehead atoms. The Morgan fingerprint density at radius 1 is 1.22 bits per heavy atom. The lowest BCUT2D eigenvalue weighted by Gasteiger charge is -2.00. The lowest BCUT2D eigenvalue weighted by atomic mass is 10.2. The molecule has 1 N–H and O–H groups in total. The number of aromatic nitrogens is 2. The number of ether oxygens (including phenoxy) is 1. The fourth-order valence-corrected chi connectivity index (χ4v) is 1.56. The lowest BCUT2D eigenvalue weighted by molar-refractivity contribution is 0.194. The van der Waals surface area contributed by atoms with Crippen molar-refractivity contribution in [2.45, 2.75) is 13.0 Å². The number of nitrogens with one attached hydrogen (secondary N) is 1. The Morgan fingerprint density at radius 2 is 2.06 bits per heavy atom. The van der Waals surface area contributed by atoms with Crippen LogP contribution in [0.2, 0.25) is 0 Å². The van der Waals surface area contributed by atoms with Crippen molar-refractivity contribution in [1.82, 2.24) is 15.5 Å². The molecule has 0 amide bonds. The molecule has 1 heterocycles. The van der Waals surface area contributed by atoms with Crippen LogP contribution in [0.3, 0.4) is 0 Å². The van der Waals surface area contributed by atoms with Crippen LogP contribution in [0, 0.1) is 0 Å². The van der Waals surface area contributed by atoms with Crippen LogP contribution >= 0.6 is 0 Å². The molecule has 96 valence electrons. The second kappa shape index (κ2) is 6.88. The van der Waals surface area contributed by atoms with Crippen LogP contribution in [0.4, 0.5) is 0 Å². The SMILES string of the molecule is COCCCNCc1nnc(-c2ccccc2)o1. The van der Waals surface area contributed by atoms with Gasteiger partial charge in [0.2, 0.25) is 11.8 Å². The third-order valence-corrected chi connectivity index (χ3v) is 2.47. The zero-order chi connectivity index (χ0) is 12.6. The average Bonchev–Trinajstić information content (AvgIpc) is 2.88. The molecule has 1 aromatic carbocycles. The molecule has 0 spiro atoms. The summed E-state index contributed by atoms with van der Waals surface area (Å²) in [6.07, 6.45) is 0.968. The summed E-state index contributed by atoms with van der Waals surface area (Å²) in [6, 6.07) is 9.75. The largest absolute Gasteiger partial charge is 0.419 e. The number of rotatable bonds is 7. The fraction of sp³-hybridized carbons (Fsp3) is 0.385. The number of nitrogens with zero attached hydrogens (tertiary/aromatic N) is 2. The number of hydrogen-bond donors (Lipinski definition) is 1. The molecular weight excluding hydrogens is 230 g/mol. The van der Waals surface area contributed by atoms with E-state index in [0.717, 1.165) is 25.1 Å². The Kier molecular flexibility index (Phi) is 4.87. The van der Waals surface area contributed by atoms with Crippen LogP contribution in [0.25, 0.3) is 11.5 Å². The van der Waals surface area contributed by atoms with Gasteiger partial charge in [0.25, 0.3) is 0 Å². The monoisotopic (exact) mass is 247 g/mol. The van der Waals surface area contributed by atoms with Crippen LogP contribution < -0.4 is 5.32 Å². The minimum absolute atomic E-state index is 0.560. The summed E-state index contributed by atoms with van der Waals surface area (Å²) in [4.78, 5) is 0. The Hall–Kier alpha value is -1.72. The van der Waals surface area contributed by atoms with Gasteiger partial charge in [0.05, 0.1) is 6.54 Å². The smallest absolute Gasteiger partial charge is 0.247 e. The van der Waals surface area contributed by atoms with E-state index in [4.69, 9.17) is 9.15 Å². The van der Waals surface area contributed by atoms with E-state index in [9.17, 15) is 0 Å². The maximum atomic E-state index is 5.56. The molecule has 0 fully saturated rings. The van der Waals surface area contributed by atoms with E-state index in [2.05, 4.69) is 15.5 Å². The van der Waals surface area contributed by atoms with Crippen molar-refractivity contribution in [1.29, 1.82) is 0 Å². The Morgan fingerprint density at radius 3 is 2.83 bits per heavy atom. The van der Waals surface area contributed by atoms with Crippen LogP contribution in [-0.2, 0) is 11.3 Å². The maximum absolute atomic E-state index is 5.56. The molecule has 2 aromatic rings. The van der Waals surface area contributed by atoms with Gasteiger partial charge in [-0.25, -0.2) is 0 Å². The molecule has 18 heavy (non-hydrogen) atoms. The predicted molar refractivity (Wildman–Crippen MR) is 67.9 cm³/mol.